The Morgan fingerprint density at radius 2 is 2.14 bits per heavy atom. The van der Waals surface area contributed by atoms with Crippen molar-refractivity contribution in [2.24, 2.45) is 4.99 Å². The summed E-state index contributed by atoms with van der Waals surface area (Å²) in [4.78, 5) is 4.21. The first-order chi connectivity index (χ1) is 9.70. The van der Waals surface area contributed by atoms with Crippen molar-refractivity contribution in [3.8, 4) is 0 Å². The molecule has 0 saturated heterocycles. The Bertz CT molecular complexity index is 478. The highest BCUT2D eigenvalue weighted by atomic mass is 127. The summed E-state index contributed by atoms with van der Waals surface area (Å²) >= 11 is 6.08. The third-order valence-electron chi connectivity index (χ3n) is 3.71. The average molecular weight is 424 g/mol. The van der Waals surface area contributed by atoms with Crippen molar-refractivity contribution in [3.05, 3.63) is 34.9 Å². The molecule has 1 aliphatic carbocycles. The number of guanidine groups is 1. The van der Waals surface area contributed by atoms with Gasteiger partial charge in [0.1, 0.15) is 0 Å². The quantitative estimate of drug-likeness (QED) is 0.320. The van der Waals surface area contributed by atoms with Crippen LogP contribution < -0.4 is 10.6 Å². The smallest absolute Gasteiger partial charge is 0.191 e. The zero-order chi connectivity index (χ0) is 14.4. The second-order valence-electron chi connectivity index (χ2n) is 5.14. The van der Waals surface area contributed by atoms with Crippen LogP contribution in [0.5, 0.6) is 0 Å². The van der Waals surface area contributed by atoms with Crippen LogP contribution in [-0.2, 0) is 10.2 Å². The Kier molecular flexibility index (Phi) is 7.76. The van der Waals surface area contributed by atoms with E-state index in [0.717, 1.165) is 24.1 Å². The Labute approximate surface area is 148 Å². The van der Waals surface area contributed by atoms with Crippen LogP contribution in [0.2, 0.25) is 5.02 Å². The minimum Gasteiger partial charge on any atom is -0.383 e. The van der Waals surface area contributed by atoms with E-state index < -0.39 is 0 Å². The molecule has 2 rings (SSSR count). The van der Waals surface area contributed by atoms with Crippen molar-refractivity contribution >= 4 is 41.5 Å². The lowest BCUT2D eigenvalue weighted by Gasteiger charge is -2.19. The number of halogens is 2. The van der Waals surface area contributed by atoms with Gasteiger partial charge in [0.2, 0.25) is 0 Å². The number of benzene rings is 1. The van der Waals surface area contributed by atoms with Gasteiger partial charge < -0.3 is 15.4 Å². The maximum absolute atomic E-state index is 6.08. The zero-order valence-electron chi connectivity index (χ0n) is 12.5. The number of rotatable bonds is 6. The van der Waals surface area contributed by atoms with Crippen molar-refractivity contribution < 1.29 is 4.74 Å². The molecule has 1 aromatic carbocycles. The second kappa shape index (κ2) is 8.80. The summed E-state index contributed by atoms with van der Waals surface area (Å²) in [5.41, 5.74) is 1.52. The van der Waals surface area contributed by atoms with E-state index in [-0.39, 0.29) is 29.4 Å². The number of aliphatic imine (C=N–C) groups is 1. The first-order valence-electron chi connectivity index (χ1n) is 6.90. The molecule has 118 valence electrons. The van der Waals surface area contributed by atoms with Crippen LogP contribution >= 0.6 is 35.6 Å². The highest BCUT2D eigenvalue weighted by Crippen LogP contribution is 2.48. The van der Waals surface area contributed by atoms with E-state index in [9.17, 15) is 0 Å². The number of hydrogen-bond acceptors (Lipinski definition) is 2. The van der Waals surface area contributed by atoms with Gasteiger partial charge in [0.05, 0.1) is 6.61 Å². The minimum absolute atomic E-state index is 0. The lowest BCUT2D eigenvalue weighted by atomic mass is 9.96. The fraction of sp³-hybridized carbons (Fsp3) is 0.533. The van der Waals surface area contributed by atoms with Crippen molar-refractivity contribution in [2.75, 3.05) is 33.9 Å². The second-order valence-corrected chi connectivity index (χ2v) is 5.57. The molecule has 2 N–H and O–H groups in total. The molecular formula is C15H23ClIN3O. The van der Waals surface area contributed by atoms with Gasteiger partial charge in [-0.05, 0) is 30.5 Å². The third-order valence-corrected chi connectivity index (χ3v) is 3.94. The number of nitrogens with zero attached hydrogens (tertiary/aromatic N) is 1. The summed E-state index contributed by atoms with van der Waals surface area (Å²) in [6.45, 7) is 2.29. The van der Waals surface area contributed by atoms with E-state index in [4.69, 9.17) is 16.3 Å². The van der Waals surface area contributed by atoms with Crippen LogP contribution in [-0.4, -0.2) is 39.8 Å². The molecule has 4 nitrogen and oxygen atoms in total. The molecule has 0 atom stereocenters. The fourth-order valence-corrected chi connectivity index (χ4v) is 2.47. The predicted octanol–water partition coefficient (Wildman–Crippen LogP) is 2.80. The van der Waals surface area contributed by atoms with Crippen LogP contribution in [0.15, 0.2) is 29.3 Å². The van der Waals surface area contributed by atoms with Crippen LogP contribution in [0, 0.1) is 0 Å². The van der Waals surface area contributed by atoms with Crippen molar-refractivity contribution in [1.82, 2.24) is 10.6 Å². The van der Waals surface area contributed by atoms with Gasteiger partial charge in [-0.2, -0.15) is 0 Å². The predicted molar refractivity (Wildman–Crippen MR) is 99.0 cm³/mol. The molecule has 1 saturated carbocycles. The summed E-state index contributed by atoms with van der Waals surface area (Å²) in [5, 5.41) is 7.41. The van der Waals surface area contributed by atoms with Crippen LogP contribution in [0.3, 0.4) is 0 Å². The average Bonchev–Trinajstić information content (AvgIpc) is 3.24. The molecule has 21 heavy (non-hydrogen) atoms. The van der Waals surface area contributed by atoms with Crippen molar-refractivity contribution in [2.45, 2.75) is 18.3 Å². The van der Waals surface area contributed by atoms with E-state index in [1.165, 1.54) is 18.4 Å². The molecule has 0 bridgehead atoms. The third kappa shape index (κ3) is 5.30. The Morgan fingerprint density at radius 1 is 1.38 bits per heavy atom. The Balaban J connectivity index is 0.00000220. The summed E-state index contributed by atoms with van der Waals surface area (Å²) in [5.74, 6) is 0.815. The van der Waals surface area contributed by atoms with Gasteiger partial charge in [0.25, 0.3) is 0 Å². The number of hydrogen-bond donors (Lipinski definition) is 2. The Hall–Kier alpha value is -0.530. The molecule has 0 aromatic heterocycles. The summed E-state index contributed by atoms with van der Waals surface area (Å²) < 4.78 is 5.02. The normalized spacial score (nSPS) is 16.0. The van der Waals surface area contributed by atoms with Crippen LogP contribution in [0.25, 0.3) is 0 Å². The lowest BCUT2D eigenvalue weighted by Crippen LogP contribution is -2.42. The molecule has 0 amide bonds. The molecule has 0 heterocycles. The molecular weight excluding hydrogens is 401 g/mol. The highest BCUT2D eigenvalue weighted by molar-refractivity contribution is 14.0. The molecule has 0 unspecified atom stereocenters. The Morgan fingerprint density at radius 3 is 2.71 bits per heavy atom. The number of nitrogens with one attached hydrogen (secondary N) is 2. The molecule has 0 spiro atoms. The maximum atomic E-state index is 6.08. The summed E-state index contributed by atoms with van der Waals surface area (Å²) in [6, 6.07) is 8.15. The first-order valence-corrected chi connectivity index (χ1v) is 7.27. The van der Waals surface area contributed by atoms with Crippen LogP contribution in [0.4, 0.5) is 0 Å². The van der Waals surface area contributed by atoms with Gasteiger partial charge in [-0.15, -0.1) is 24.0 Å². The summed E-state index contributed by atoms with van der Waals surface area (Å²) in [6.07, 6.45) is 2.38. The van der Waals surface area contributed by atoms with Gasteiger partial charge in [-0.25, -0.2) is 0 Å². The molecule has 1 aromatic rings. The van der Waals surface area contributed by atoms with Gasteiger partial charge in [0, 0.05) is 37.7 Å². The molecule has 1 fully saturated rings. The molecule has 1 aliphatic rings. The van der Waals surface area contributed by atoms with Crippen LogP contribution in [0.1, 0.15) is 18.4 Å². The fourth-order valence-electron chi connectivity index (χ4n) is 2.28. The topological polar surface area (TPSA) is 45.7 Å². The summed E-state index contributed by atoms with van der Waals surface area (Å²) in [7, 11) is 3.47. The van der Waals surface area contributed by atoms with Gasteiger partial charge in [0.15, 0.2) is 5.96 Å². The standard InChI is InChI=1S/C15H22ClN3O.HI/c1-17-14(18-8-9-20-2)19-11-15(6-7-15)12-4-3-5-13(16)10-12;/h3-5,10H,6-9,11H2,1-2H3,(H2,17,18,19);1H. The largest absolute Gasteiger partial charge is 0.383 e. The van der Waals surface area contributed by atoms with E-state index in [0.29, 0.717) is 6.61 Å². The highest BCUT2D eigenvalue weighted by Gasteiger charge is 2.44. The number of ether oxygens (including phenoxy) is 1. The zero-order valence-corrected chi connectivity index (χ0v) is 15.6. The SMILES string of the molecule is CN=C(NCCOC)NCC1(c2cccc(Cl)c2)CC1.I. The van der Waals surface area contributed by atoms with Gasteiger partial charge in [-0.3, -0.25) is 4.99 Å². The van der Waals surface area contributed by atoms with Crippen molar-refractivity contribution in [1.29, 1.82) is 0 Å². The molecule has 0 radical (unpaired) electrons. The minimum atomic E-state index is 0. The monoisotopic (exact) mass is 423 g/mol. The van der Waals surface area contributed by atoms with E-state index in [1.54, 1.807) is 14.2 Å². The van der Waals surface area contributed by atoms with Crippen molar-refractivity contribution in [3.63, 3.8) is 0 Å². The van der Waals surface area contributed by atoms with Gasteiger partial charge >= 0.3 is 0 Å². The molecule has 6 heteroatoms. The lowest BCUT2D eigenvalue weighted by molar-refractivity contribution is 0.203. The molecule has 0 aliphatic heterocycles. The first kappa shape index (κ1) is 18.5. The van der Waals surface area contributed by atoms with E-state index in [1.807, 2.05) is 12.1 Å². The number of methoxy groups -OCH3 is 1. The van der Waals surface area contributed by atoms with E-state index in [2.05, 4.69) is 27.8 Å². The maximum Gasteiger partial charge on any atom is 0.191 e. The van der Waals surface area contributed by atoms with Gasteiger partial charge in [-0.1, -0.05) is 23.7 Å². The van der Waals surface area contributed by atoms with E-state index >= 15 is 0 Å².